The third-order valence-electron chi connectivity index (χ3n) is 7.50. The Balaban J connectivity index is 1.27. The summed E-state index contributed by atoms with van der Waals surface area (Å²) in [5.74, 6) is 0.518. The Morgan fingerprint density at radius 2 is 1.73 bits per heavy atom. The van der Waals surface area contributed by atoms with Crippen molar-refractivity contribution in [3.63, 3.8) is 0 Å². The largest absolute Gasteiger partial charge is 0.326 e. The number of piperidine rings is 1. The summed E-state index contributed by atoms with van der Waals surface area (Å²) >= 11 is 0. The van der Waals surface area contributed by atoms with Crippen molar-refractivity contribution in [3.8, 4) is 0 Å². The Morgan fingerprint density at radius 1 is 1.00 bits per heavy atom. The molecule has 1 aliphatic rings. The van der Waals surface area contributed by atoms with E-state index in [9.17, 15) is 14.9 Å². The summed E-state index contributed by atoms with van der Waals surface area (Å²) in [6.45, 7) is 6.97. The number of non-ortho nitro benzene ring substituents is 1. The molecule has 1 saturated heterocycles. The van der Waals surface area contributed by atoms with Crippen LogP contribution in [0, 0.1) is 16.0 Å². The van der Waals surface area contributed by atoms with Gasteiger partial charge in [-0.25, -0.2) is 0 Å². The van der Waals surface area contributed by atoms with Crippen molar-refractivity contribution < 1.29 is 9.72 Å². The minimum atomic E-state index is -0.380. The maximum Gasteiger partial charge on any atom is 0.269 e. The molecule has 0 aliphatic carbocycles. The number of nitrogens with one attached hydrogen (secondary N) is 1. The van der Waals surface area contributed by atoms with Crippen LogP contribution in [0.25, 0.3) is 0 Å². The van der Waals surface area contributed by atoms with Crippen LogP contribution in [0.3, 0.4) is 0 Å². The summed E-state index contributed by atoms with van der Waals surface area (Å²) in [4.78, 5) is 25.3. The molecule has 40 heavy (non-hydrogen) atoms. The van der Waals surface area contributed by atoms with Gasteiger partial charge in [0.15, 0.2) is 0 Å². The van der Waals surface area contributed by atoms with Crippen LogP contribution in [0.1, 0.15) is 69.0 Å². The number of nitrogens with zero attached hydrogens (tertiary/aromatic N) is 4. The van der Waals surface area contributed by atoms with E-state index in [2.05, 4.69) is 32.6 Å². The number of azo groups is 1. The zero-order chi connectivity index (χ0) is 28.3. The lowest BCUT2D eigenvalue weighted by Crippen LogP contribution is -2.33. The maximum absolute atomic E-state index is 12.1. The highest BCUT2D eigenvalue weighted by atomic mass is 16.6. The normalized spacial score (nSPS) is 15.4. The van der Waals surface area contributed by atoms with E-state index in [1.54, 1.807) is 24.3 Å². The van der Waals surface area contributed by atoms with Gasteiger partial charge >= 0.3 is 0 Å². The molecule has 1 N–H and O–H groups in total. The van der Waals surface area contributed by atoms with Crippen LogP contribution in [-0.2, 0) is 4.79 Å². The smallest absolute Gasteiger partial charge is 0.269 e. The topological polar surface area (TPSA) is 100 Å². The van der Waals surface area contributed by atoms with Crippen molar-refractivity contribution in [3.05, 3.63) is 100 Å². The molecular formula is C32H39N5O3. The number of hydrogen-bond acceptors (Lipinski definition) is 6. The molecule has 1 amide bonds. The van der Waals surface area contributed by atoms with E-state index in [1.807, 2.05) is 56.3 Å². The second-order valence-corrected chi connectivity index (χ2v) is 10.8. The molecule has 3 aromatic carbocycles. The van der Waals surface area contributed by atoms with Gasteiger partial charge in [-0.1, -0.05) is 44.2 Å². The van der Waals surface area contributed by atoms with E-state index in [0.29, 0.717) is 5.92 Å². The molecule has 0 bridgehead atoms. The summed E-state index contributed by atoms with van der Waals surface area (Å²) in [6.07, 6.45) is 5.11. The lowest BCUT2D eigenvalue weighted by atomic mass is 9.89. The van der Waals surface area contributed by atoms with E-state index in [1.165, 1.54) is 5.56 Å². The zero-order valence-electron chi connectivity index (χ0n) is 23.4. The summed E-state index contributed by atoms with van der Waals surface area (Å²) in [5.41, 5.74) is 4.00. The van der Waals surface area contributed by atoms with E-state index < -0.39 is 0 Å². The molecule has 1 atom stereocenters. The van der Waals surface area contributed by atoms with Gasteiger partial charge in [-0.05, 0) is 105 Å². The molecule has 1 aliphatic heterocycles. The number of hydrogen-bond donors (Lipinski definition) is 1. The van der Waals surface area contributed by atoms with Crippen LogP contribution in [0.5, 0.6) is 0 Å². The number of likely N-dealkylation sites (tertiary alicyclic amines) is 1. The highest BCUT2D eigenvalue weighted by molar-refractivity contribution is 5.92. The minimum absolute atomic E-state index is 0.0387. The highest BCUT2D eigenvalue weighted by Crippen LogP contribution is 2.31. The average molecular weight is 542 g/mol. The second kappa shape index (κ2) is 14.5. The van der Waals surface area contributed by atoms with Crippen LogP contribution in [0.4, 0.5) is 17.1 Å². The molecule has 0 spiro atoms. The first kappa shape index (κ1) is 29.1. The summed E-state index contributed by atoms with van der Waals surface area (Å²) < 4.78 is 0. The van der Waals surface area contributed by atoms with Crippen molar-refractivity contribution in [2.45, 2.75) is 57.9 Å². The van der Waals surface area contributed by atoms with Gasteiger partial charge in [-0.2, -0.15) is 10.2 Å². The SMILES string of the molecule is CC(C)C(=O)Nc1cccc(C2CCN(CCCCC(N=Nc3ccccc3)c3ccc([N+](=O)[O-])cc3)CC2)c1. The Kier molecular flexibility index (Phi) is 10.5. The Bertz CT molecular complexity index is 1270. The van der Waals surface area contributed by atoms with Crippen molar-refractivity contribution in [2.75, 3.05) is 25.0 Å². The molecule has 3 aromatic rings. The molecule has 1 unspecified atom stereocenters. The van der Waals surface area contributed by atoms with Gasteiger partial charge < -0.3 is 10.2 Å². The predicted octanol–water partition coefficient (Wildman–Crippen LogP) is 8.06. The van der Waals surface area contributed by atoms with Gasteiger partial charge in [0.1, 0.15) is 0 Å². The molecule has 8 nitrogen and oxygen atoms in total. The molecule has 1 fully saturated rings. The number of carbonyl (C=O) groups is 1. The molecular weight excluding hydrogens is 502 g/mol. The Labute approximate surface area is 236 Å². The summed E-state index contributed by atoms with van der Waals surface area (Å²) in [5, 5.41) is 23.1. The first-order chi connectivity index (χ1) is 19.4. The quantitative estimate of drug-likeness (QED) is 0.108. The van der Waals surface area contributed by atoms with E-state index >= 15 is 0 Å². The number of carbonyl (C=O) groups excluding carboxylic acids is 1. The first-order valence-electron chi connectivity index (χ1n) is 14.2. The van der Waals surface area contributed by atoms with Gasteiger partial charge in [0, 0.05) is 23.7 Å². The van der Waals surface area contributed by atoms with Crippen molar-refractivity contribution in [2.24, 2.45) is 16.1 Å². The average Bonchev–Trinajstić information content (AvgIpc) is 2.98. The van der Waals surface area contributed by atoms with Crippen molar-refractivity contribution in [1.82, 2.24) is 4.90 Å². The number of nitro benzene ring substituents is 1. The fourth-order valence-corrected chi connectivity index (χ4v) is 5.06. The second-order valence-electron chi connectivity index (χ2n) is 10.8. The van der Waals surface area contributed by atoms with Crippen LogP contribution >= 0.6 is 0 Å². The standard InChI is InChI=1S/C32H39N5O3/c1-24(2)32(38)33-29-12-8-9-27(23-29)25-18-21-36(22-19-25)20-7-6-13-31(35-34-28-10-4-3-5-11-28)26-14-16-30(17-15-26)37(39)40/h3-5,8-12,14-17,23-25,31H,6-7,13,18-22H2,1-2H3,(H,33,38). The van der Waals surface area contributed by atoms with Crippen LogP contribution in [0.2, 0.25) is 0 Å². The summed E-state index contributed by atoms with van der Waals surface area (Å²) in [7, 11) is 0. The fraction of sp³-hybridized carbons (Fsp3) is 0.406. The van der Waals surface area contributed by atoms with Gasteiger partial charge in [0.2, 0.25) is 5.91 Å². The number of unbranched alkanes of at least 4 members (excludes halogenated alkanes) is 1. The predicted molar refractivity (Wildman–Crippen MR) is 159 cm³/mol. The van der Waals surface area contributed by atoms with Crippen molar-refractivity contribution >= 4 is 23.0 Å². The first-order valence-corrected chi connectivity index (χ1v) is 14.2. The van der Waals surface area contributed by atoms with E-state index in [-0.39, 0.29) is 28.5 Å². The van der Waals surface area contributed by atoms with Gasteiger partial charge in [0.25, 0.3) is 5.69 Å². The molecule has 0 saturated carbocycles. The Morgan fingerprint density at radius 3 is 2.40 bits per heavy atom. The number of benzene rings is 3. The van der Waals surface area contributed by atoms with Crippen LogP contribution in [0.15, 0.2) is 89.1 Å². The monoisotopic (exact) mass is 541 g/mol. The molecule has 0 aromatic heterocycles. The lowest BCUT2D eigenvalue weighted by molar-refractivity contribution is -0.384. The number of anilines is 1. The Hall–Kier alpha value is -3.91. The zero-order valence-corrected chi connectivity index (χ0v) is 23.4. The van der Waals surface area contributed by atoms with E-state index in [0.717, 1.165) is 68.7 Å². The molecule has 8 heteroatoms. The van der Waals surface area contributed by atoms with Crippen LogP contribution < -0.4 is 5.32 Å². The maximum atomic E-state index is 12.1. The lowest BCUT2D eigenvalue weighted by Gasteiger charge is -2.32. The van der Waals surface area contributed by atoms with Gasteiger partial charge in [-0.3, -0.25) is 14.9 Å². The highest BCUT2D eigenvalue weighted by Gasteiger charge is 2.21. The van der Waals surface area contributed by atoms with Gasteiger partial charge in [0.05, 0.1) is 16.7 Å². The van der Waals surface area contributed by atoms with E-state index in [4.69, 9.17) is 0 Å². The molecule has 1 heterocycles. The fourth-order valence-electron chi connectivity index (χ4n) is 5.06. The third-order valence-corrected chi connectivity index (χ3v) is 7.50. The van der Waals surface area contributed by atoms with Gasteiger partial charge in [-0.15, -0.1) is 0 Å². The summed E-state index contributed by atoms with van der Waals surface area (Å²) in [6, 6.07) is 24.5. The molecule has 0 radical (unpaired) electrons. The number of nitro groups is 1. The molecule has 4 rings (SSSR count). The minimum Gasteiger partial charge on any atom is -0.326 e. The number of rotatable bonds is 12. The third kappa shape index (κ3) is 8.55. The molecule has 210 valence electrons. The van der Waals surface area contributed by atoms with Crippen molar-refractivity contribution in [1.29, 1.82) is 0 Å². The van der Waals surface area contributed by atoms with Crippen LogP contribution in [-0.4, -0.2) is 35.4 Å². The number of amides is 1.